The summed E-state index contributed by atoms with van der Waals surface area (Å²) < 4.78 is 0. The molecule has 0 aromatic carbocycles. The summed E-state index contributed by atoms with van der Waals surface area (Å²) in [4.78, 5) is 8.95. The number of hydrogen-bond acceptors (Lipinski definition) is 2. The molecule has 40 valence electrons. The van der Waals surface area contributed by atoms with Crippen molar-refractivity contribution >= 4 is 11.6 Å². The number of hydrogen-bond donors (Lipinski definition) is 0. The van der Waals surface area contributed by atoms with Crippen LogP contribution in [0.15, 0.2) is 12.3 Å². The summed E-state index contributed by atoms with van der Waals surface area (Å²) in [6.07, 6.45) is 0. The highest BCUT2D eigenvalue weighted by Gasteiger charge is 2.00. The van der Waals surface area contributed by atoms with E-state index in [4.69, 9.17) is 11.6 Å². The molecule has 0 spiro atoms. The van der Waals surface area contributed by atoms with E-state index in [0.29, 0.717) is 0 Å². The highest BCUT2D eigenvalue weighted by molar-refractivity contribution is 6.19. The first-order valence-electron chi connectivity index (χ1n) is 1.56. The highest BCUT2D eigenvalue weighted by Crippen LogP contribution is 1.91. The van der Waals surface area contributed by atoms with Crippen molar-refractivity contribution in [3.63, 3.8) is 0 Å². The zero-order valence-corrected chi connectivity index (χ0v) is 4.31. The SMILES string of the molecule is C=C(CCl)[N+](=O)[O-]. The molecule has 0 saturated heterocycles. The van der Waals surface area contributed by atoms with Crippen LogP contribution < -0.4 is 0 Å². The first-order chi connectivity index (χ1) is 3.18. The van der Waals surface area contributed by atoms with Gasteiger partial charge in [0.1, 0.15) is 5.88 Å². The topological polar surface area (TPSA) is 43.1 Å². The van der Waals surface area contributed by atoms with Gasteiger partial charge in [0, 0.05) is 0 Å². The number of nitro groups is 1. The molecule has 0 aromatic heterocycles. The molecule has 0 amide bonds. The molecule has 0 aliphatic carbocycles. The second kappa shape index (κ2) is 2.58. The monoisotopic (exact) mass is 121 g/mol. The van der Waals surface area contributed by atoms with E-state index in [-0.39, 0.29) is 11.6 Å². The maximum absolute atomic E-state index is 9.55. The molecule has 0 aliphatic heterocycles. The van der Waals surface area contributed by atoms with Crippen LogP contribution in [0.1, 0.15) is 0 Å². The van der Waals surface area contributed by atoms with E-state index in [1.165, 1.54) is 0 Å². The van der Waals surface area contributed by atoms with Gasteiger partial charge in [0.05, 0.1) is 4.92 Å². The van der Waals surface area contributed by atoms with Crippen LogP contribution in [0.3, 0.4) is 0 Å². The molecule has 4 heteroatoms. The Hall–Kier alpha value is -0.570. The minimum Gasteiger partial charge on any atom is -0.259 e. The van der Waals surface area contributed by atoms with Crippen molar-refractivity contribution in [1.29, 1.82) is 0 Å². The van der Waals surface area contributed by atoms with Crippen LogP contribution in [-0.2, 0) is 0 Å². The largest absolute Gasteiger partial charge is 0.259 e. The van der Waals surface area contributed by atoms with Gasteiger partial charge in [-0.15, -0.1) is 11.6 Å². The van der Waals surface area contributed by atoms with Crippen molar-refractivity contribution < 1.29 is 4.92 Å². The van der Waals surface area contributed by atoms with Crippen LogP contribution in [0.4, 0.5) is 0 Å². The van der Waals surface area contributed by atoms with Crippen molar-refractivity contribution in [1.82, 2.24) is 0 Å². The third-order valence-corrected chi connectivity index (χ3v) is 0.721. The van der Waals surface area contributed by atoms with E-state index < -0.39 is 4.92 Å². The van der Waals surface area contributed by atoms with Gasteiger partial charge in [-0.3, -0.25) is 10.1 Å². The van der Waals surface area contributed by atoms with Gasteiger partial charge in [-0.25, -0.2) is 0 Å². The van der Waals surface area contributed by atoms with Gasteiger partial charge in [0.2, 0.25) is 0 Å². The lowest BCUT2D eigenvalue weighted by molar-refractivity contribution is -0.423. The standard InChI is InChI=1S/C3H4ClNO2/c1-3(2-4)5(6)7/h1-2H2. The Morgan fingerprint density at radius 3 is 2.43 bits per heavy atom. The van der Waals surface area contributed by atoms with Gasteiger partial charge in [-0.05, 0) is 6.58 Å². The number of nitrogens with zero attached hydrogens (tertiary/aromatic N) is 1. The molecule has 0 unspecified atom stereocenters. The summed E-state index contributed by atoms with van der Waals surface area (Å²) in [6.45, 7) is 3.04. The average Bonchev–Trinajstić information content (AvgIpc) is 1.65. The predicted octanol–water partition coefficient (Wildman–Crippen LogP) is 1.02. The first-order valence-corrected chi connectivity index (χ1v) is 2.10. The fourth-order valence-electron chi connectivity index (χ4n) is 0.0488. The second-order valence-electron chi connectivity index (χ2n) is 0.957. The van der Waals surface area contributed by atoms with Gasteiger partial charge in [0.15, 0.2) is 0 Å². The summed E-state index contributed by atoms with van der Waals surface area (Å²) >= 11 is 5.01. The van der Waals surface area contributed by atoms with E-state index in [9.17, 15) is 10.1 Å². The van der Waals surface area contributed by atoms with Crippen LogP contribution >= 0.6 is 11.6 Å². The van der Waals surface area contributed by atoms with E-state index in [1.54, 1.807) is 0 Å². The Morgan fingerprint density at radius 1 is 2.00 bits per heavy atom. The Labute approximate surface area is 45.7 Å². The number of halogens is 1. The Kier molecular flexibility index (Phi) is 2.37. The van der Waals surface area contributed by atoms with Crippen LogP contribution in [0.2, 0.25) is 0 Å². The molecule has 0 aliphatic rings. The quantitative estimate of drug-likeness (QED) is 0.311. The van der Waals surface area contributed by atoms with Crippen molar-refractivity contribution in [2.75, 3.05) is 5.88 Å². The molecule has 3 nitrogen and oxygen atoms in total. The molecule has 0 bridgehead atoms. The first kappa shape index (κ1) is 6.43. The average molecular weight is 122 g/mol. The van der Waals surface area contributed by atoms with Gasteiger partial charge in [-0.1, -0.05) is 0 Å². The van der Waals surface area contributed by atoms with E-state index in [1.807, 2.05) is 0 Å². The molecular formula is C3H4ClNO2. The van der Waals surface area contributed by atoms with E-state index in [0.717, 1.165) is 0 Å². The van der Waals surface area contributed by atoms with Crippen LogP contribution in [0.5, 0.6) is 0 Å². The molecule has 0 N–H and O–H groups in total. The summed E-state index contributed by atoms with van der Waals surface area (Å²) in [5.74, 6) is -0.104. The van der Waals surface area contributed by atoms with Crippen molar-refractivity contribution in [2.24, 2.45) is 0 Å². The van der Waals surface area contributed by atoms with Gasteiger partial charge in [0.25, 0.3) is 5.70 Å². The van der Waals surface area contributed by atoms with Gasteiger partial charge < -0.3 is 0 Å². The number of rotatable bonds is 2. The van der Waals surface area contributed by atoms with Crippen molar-refractivity contribution in [2.45, 2.75) is 0 Å². The zero-order chi connectivity index (χ0) is 5.86. The lowest BCUT2D eigenvalue weighted by Crippen LogP contribution is -1.96. The lowest BCUT2D eigenvalue weighted by atomic mass is 10.6. The molecule has 0 heterocycles. The molecule has 0 atom stereocenters. The zero-order valence-electron chi connectivity index (χ0n) is 3.56. The lowest BCUT2D eigenvalue weighted by Gasteiger charge is -1.83. The summed E-state index contributed by atoms with van der Waals surface area (Å²) in [5.41, 5.74) is -0.165. The minimum absolute atomic E-state index is 0.104. The van der Waals surface area contributed by atoms with Crippen molar-refractivity contribution in [3.05, 3.63) is 22.4 Å². The third-order valence-electron chi connectivity index (χ3n) is 0.412. The molecular weight excluding hydrogens is 117 g/mol. The second-order valence-corrected chi connectivity index (χ2v) is 1.22. The van der Waals surface area contributed by atoms with Crippen LogP contribution in [-0.4, -0.2) is 10.8 Å². The van der Waals surface area contributed by atoms with E-state index in [2.05, 4.69) is 6.58 Å². The molecule has 0 rings (SSSR count). The Bertz CT molecular complexity index is 101. The Balaban J connectivity index is 3.58. The summed E-state index contributed by atoms with van der Waals surface area (Å²) in [5, 5.41) is 9.55. The van der Waals surface area contributed by atoms with Crippen molar-refractivity contribution in [3.8, 4) is 0 Å². The minimum atomic E-state index is -0.604. The molecule has 0 fully saturated rings. The highest BCUT2D eigenvalue weighted by atomic mass is 35.5. The summed E-state index contributed by atoms with van der Waals surface area (Å²) in [7, 11) is 0. The molecule has 0 saturated carbocycles. The Morgan fingerprint density at radius 2 is 2.43 bits per heavy atom. The maximum atomic E-state index is 9.55. The molecule has 7 heavy (non-hydrogen) atoms. The predicted molar refractivity (Wildman–Crippen MR) is 26.9 cm³/mol. The smallest absolute Gasteiger partial charge is 0.253 e. The third kappa shape index (κ3) is 2.17. The van der Waals surface area contributed by atoms with E-state index >= 15 is 0 Å². The van der Waals surface area contributed by atoms with Gasteiger partial charge in [-0.2, -0.15) is 0 Å². The number of alkyl halides is 1. The van der Waals surface area contributed by atoms with Crippen LogP contribution in [0.25, 0.3) is 0 Å². The fourth-order valence-corrected chi connectivity index (χ4v) is 0.146. The fraction of sp³-hybridized carbons (Fsp3) is 0.333. The van der Waals surface area contributed by atoms with Gasteiger partial charge >= 0.3 is 0 Å². The maximum Gasteiger partial charge on any atom is 0.253 e. The molecule has 0 aromatic rings. The van der Waals surface area contributed by atoms with Crippen LogP contribution in [0, 0.1) is 10.1 Å². The number of allylic oxidation sites excluding steroid dienone is 1. The summed E-state index contributed by atoms with van der Waals surface area (Å²) in [6, 6.07) is 0. The molecule has 0 radical (unpaired) electrons. The normalized spacial score (nSPS) is 8.14.